The normalized spacial score (nSPS) is 10.4. The predicted octanol–water partition coefficient (Wildman–Crippen LogP) is 5.22. The summed E-state index contributed by atoms with van der Waals surface area (Å²) in [6, 6.07) is 7.94. The molecule has 6 heteroatoms. The Morgan fingerprint density at radius 3 is 2.50 bits per heavy atom. The van der Waals surface area contributed by atoms with Crippen LogP contribution in [0.25, 0.3) is 0 Å². The largest absolute Gasteiger partial charge is 0.397 e. The highest BCUT2D eigenvalue weighted by atomic mass is 79.9. The quantitative estimate of drug-likeness (QED) is 0.729. The second-order valence-electron chi connectivity index (χ2n) is 3.61. The molecule has 0 saturated heterocycles. The fourth-order valence-electron chi connectivity index (χ4n) is 1.40. The smallest absolute Gasteiger partial charge is 0.143 e. The molecule has 0 aliphatic rings. The molecule has 0 fully saturated rings. The summed E-state index contributed by atoms with van der Waals surface area (Å²) in [5.41, 5.74) is 7.24. The topological polar surface area (TPSA) is 38.0 Å². The predicted molar refractivity (Wildman–Crippen MR) is 78.3 cm³/mol. The van der Waals surface area contributed by atoms with Crippen molar-refractivity contribution >= 4 is 56.2 Å². The Balaban J connectivity index is 2.34. The first kappa shape index (κ1) is 13.5. The molecule has 0 radical (unpaired) electrons. The summed E-state index contributed by atoms with van der Waals surface area (Å²) in [7, 11) is 0. The van der Waals surface area contributed by atoms with Gasteiger partial charge in [-0.3, -0.25) is 0 Å². The van der Waals surface area contributed by atoms with Crippen molar-refractivity contribution in [3.63, 3.8) is 0 Å². The minimum atomic E-state index is -0.548. The lowest BCUT2D eigenvalue weighted by molar-refractivity contribution is 0.629. The first-order chi connectivity index (χ1) is 8.47. The summed E-state index contributed by atoms with van der Waals surface area (Å²) in [6.45, 7) is 0. The minimum absolute atomic E-state index is 0.00917. The van der Waals surface area contributed by atoms with Gasteiger partial charge in [0.2, 0.25) is 0 Å². The van der Waals surface area contributed by atoms with Gasteiger partial charge >= 0.3 is 0 Å². The molecule has 2 nitrogen and oxygen atoms in total. The van der Waals surface area contributed by atoms with Crippen molar-refractivity contribution < 1.29 is 4.39 Å². The van der Waals surface area contributed by atoms with Crippen molar-refractivity contribution in [3.8, 4) is 0 Å². The van der Waals surface area contributed by atoms with E-state index >= 15 is 0 Å². The van der Waals surface area contributed by atoms with E-state index in [2.05, 4.69) is 21.2 Å². The molecule has 2 aromatic rings. The highest BCUT2D eigenvalue weighted by Gasteiger charge is 2.07. The summed E-state index contributed by atoms with van der Waals surface area (Å²) in [5, 5.41) is 3.60. The van der Waals surface area contributed by atoms with Gasteiger partial charge in [-0.25, -0.2) is 4.39 Å². The van der Waals surface area contributed by atoms with Gasteiger partial charge in [0, 0.05) is 16.2 Å². The summed E-state index contributed by atoms with van der Waals surface area (Å²) in [6.07, 6.45) is 0. The number of hydrogen-bond acceptors (Lipinski definition) is 2. The van der Waals surface area contributed by atoms with Gasteiger partial charge < -0.3 is 11.1 Å². The molecule has 0 spiro atoms. The molecule has 0 atom stereocenters. The van der Waals surface area contributed by atoms with E-state index in [4.69, 9.17) is 28.9 Å². The van der Waals surface area contributed by atoms with Crippen molar-refractivity contribution in [2.75, 3.05) is 11.1 Å². The van der Waals surface area contributed by atoms with Crippen LogP contribution in [0.15, 0.2) is 34.8 Å². The molecule has 0 aliphatic carbocycles. The number of nitrogens with one attached hydrogen (secondary N) is 1. The summed E-state index contributed by atoms with van der Waals surface area (Å²) in [5.74, 6) is -0.548. The molecule has 94 valence electrons. The summed E-state index contributed by atoms with van der Waals surface area (Å²) >= 11 is 15.0. The zero-order valence-electron chi connectivity index (χ0n) is 8.98. The van der Waals surface area contributed by atoms with Gasteiger partial charge in [-0.15, -0.1) is 0 Å². The minimum Gasteiger partial charge on any atom is -0.397 e. The standard InChI is InChI=1S/C12H8BrCl2FN2/c13-7-2-1-6(3-8(7)14)18-12-4-9(15)10(16)5-11(12)17/h1-5,18H,17H2. The third-order valence-corrected chi connectivity index (χ3v) is 3.81. The summed E-state index contributed by atoms with van der Waals surface area (Å²) < 4.78 is 13.9. The van der Waals surface area contributed by atoms with Crippen molar-refractivity contribution in [2.24, 2.45) is 0 Å². The van der Waals surface area contributed by atoms with Gasteiger partial charge in [-0.1, -0.05) is 23.2 Å². The third kappa shape index (κ3) is 2.88. The molecule has 0 heterocycles. The van der Waals surface area contributed by atoms with Crippen LogP contribution in [0.2, 0.25) is 10.0 Å². The van der Waals surface area contributed by atoms with Crippen LogP contribution in [0.3, 0.4) is 0 Å². The molecule has 0 unspecified atom stereocenters. The molecule has 3 N–H and O–H groups in total. The molecule has 0 aliphatic heterocycles. The fourth-order valence-corrected chi connectivity index (χ4v) is 1.99. The van der Waals surface area contributed by atoms with Crippen LogP contribution >= 0.6 is 39.1 Å². The monoisotopic (exact) mass is 348 g/mol. The van der Waals surface area contributed by atoms with Crippen molar-refractivity contribution in [2.45, 2.75) is 0 Å². The van der Waals surface area contributed by atoms with Crippen LogP contribution in [0.1, 0.15) is 0 Å². The number of benzene rings is 2. The van der Waals surface area contributed by atoms with E-state index in [-0.39, 0.29) is 10.7 Å². The molecule has 0 amide bonds. The number of anilines is 3. The van der Waals surface area contributed by atoms with E-state index in [9.17, 15) is 4.39 Å². The van der Waals surface area contributed by atoms with Gasteiger partial charge in [0.1, 0.15) is 5.82 Å². The van der Waals surface area contributed by atoms with Crippen molar-refractivity contribution in [1.82, 2.24) is 0 Å². The summed E-state index contributed by atoms with van der Waals surface area (Å²) in [4.78, 5) is 0. The molecule has 0 bridgehead atoms. The third-order valence-electron chi connectivity index (χ3n) is 2.29. The van der Waals surface area contributed by atoms with Crippen LogP contribution in [0.5, 0.6) is 0 Å². The highest BCUT2D eigenvalue weighted by molar-refractivity contribution is 9.10. The second kappa shape index (κ2) is 5.34. The van der Waals surface area contributed by atoms with E-state index in [0.29, 0.717) is 10.7 Å². The molecule has 2 aromatic carbocycles. The second-order valence-corrected chi connectivity index (χ2v) is 5.28. The Labute approximate surface area is 122 Å². The Bertz CT molecular complexity index is 605. The zero-order valence-corrected chi connectivity index (χ0v) is 12.1. The number of rotatable bonds is 2. The van der Waals surface area contributed by atoms with E-state index in [1.54, 1.807) is 12.1 Å². The average Bonchev–Trinajstić information content (AvgIpc) is 2.31. The lowest BCUT2D eigenvalue weighted by Crippen LogP contribution is -1.97. The van der Waals surface area contributed by atoms with Crippen LogP contribution in [0.4, 0.5) is 21.5 Å². The van der Waals surface area contributed by atoms with E-state index in [0.717, 1.165) is 10.2 Å². The molecular weight excluding hydrogens is 342 g/mol. The molecule has 0 aromatic heterocycles. The van der Waals surface area contributed by atoms with E-state index in [1.165, 1.54) is 12.1 Å². The Hall–Kier alpha value is -0.970. The molecule has 18 heavy (non-hydrogen) atoms. The lowest BCUT2D eigenvalue weighted by Gasteiger charge is -2.11. The van der Waals surface area contributed by atoms with Gasteiger partial charge in [0.05, 0.1) is 21.4 Å². The van der Waals surface area contributed by atoms with Gasteiger partial charge in [0.25, 0.3) is 0 Å². The highest BCUT2D eigenvalue weighted by Crippen LogP contribution is 2.31. The van der Waals surface area contributed by atoms with Gasteiger partial charge in [-0.2, -0.15) is 0 Å². The maximum Gasteiger partial charge on any atom is 0.143 e. The first-order valence-corrected chi connectivity index (χ1v) is 6.49. The Morgan fingerprint density at radius 2 is 1.83 bits per heavy atom. The molecular formula is C12H8BrCl2FN2. The Morgan fingerprint density at radius 1 is 1.11 bits per heavy atom. The number of nitrogen functional groups attached to an aromatic ring is 1. The number of hydrogen-bond donors (Lipinski definition) is 2. The van der Waals surface area contributed by atoms with Crippen molar-refractivity contribution in [1.29, 1.82) is 0 Å². The first-order valence-electron chi connectivity index (χ1n) is 4.94. The van der Waals surface area contributed by atoms with Gasteiger partial charge in [-0.05, 0) is 40.2 Å². The Kier molecular flexibility index (Phi) is 4.00. The lowest BCUT2D eigenvalue weighted by atomic mass is 10.2. The number of nitrogens with two attached hydrogens (primary N) is 1. The molecule has 2 rings (SSSR count). The van der Waals surface area contributed by atoms with Crippen LogP contribution in [0, 0.1) is 5.82 Å². The van der Waals surface area contributed by atoms with Crippen LogP contribution in [-0.2, 0) is 0 Å². The van der Waals surface area contributed by atoms with E-state index < -0.39 is 5.82 Å². The molecule has 0 saturated carbocycles. The average molecular weight is 350 g/mol. The number of halogens is 4. The fraction of sp³-hybridized carbons (Fsp3) is 0. The van der Waals surface area contributed by atoms with Gasteiger partial charge in [0.15, 0.2) is 0 Å². The van der Waals surface area contributed by atoms with Crippen LogP contribution < -0.4 is 11.1 Å². The van der Waals surface area contributed by atoms with E-state index in [1.807, 2.05) is 6.07 Å². The zero-order chi connectivity index (χ0) is 13.3. The maximum atomic E-state index is 13.1. The SMILES string of the molecule is Nc1cc(F)c(Cl)cc1Nc1ccc(Br)c(Cl)c1. The maximum absolute atomic E-state index is 13.1. The van der Waals surface area contributed by atoms with Crippen molar-refractivity contribution in [3.05, 3.63) is 50.7 Å². The van der Waals surface area contributed by atoms with Crippen LogP contribution in [-0.4, -0.2) is 0 Å².